The summed E-state index contributed by atoms with van der Waals surface area (Å²) < 4.78 is 27.2. The number of rotatable bonds is 4. The lowest BCUT2D eigenvalue weighted by Gasteiger charge is -2.22. The van der Waals surface area contributed by atoms with Crippen molar-refractivity contribution in [3.63, 3.8) is 0 Å². The Morgan fingerprint density at radius 3 is 2.21 bits per heavy atom. The molecule has 1 aromatic rings. The van der Waals surface area contributed by atoms with Gasteiger partial charge in [0.1, 0.15) is 23.9 Å². The molecule has 0 unspecified atom stereocenters. The Bertz CT molecular complexity index is 469. The van der Waals surface area contributed by atoms with Crippen LogP contribution in [0.1, 0.15) is 20.8 Å². The van der Waals surface area contributed by atoms with E-state index >= 15 is 0 Å². The van der Waals surface area contributed by atoms with Crippen molar-refractivity contribution in [3.05, 3.63) is 29.8 Å². The van der Waals surface area contributed by atoms with Gasteiger partial charge in [-0.25, -0.2) is 8.78 Å². The molecule has 19 heavy (non-hydrogen) atoms. The van der Waals surface area contributed by atoms with Gasteiger partial charge in [0.15, 0.2) is 0 Å². The maximum Gasteiger partial charge on any atom is 0.240 e. The summed E-state index contributed by atoms with van der Waals surface area (Å²) in [6, 6.07) is 3.15. The largest absolute Gasteiger partial charge is 0.352 e. The van der Waals surface area contributed by atoms with Crippen molar-refractivity contribution in [2.75, 3.05) is 11.4 Å². The van der Waals surface area contributed by atoms with E-state index < -0.39 is 35.7 Å². The van der Waals surface area contributed by atoms with E-state index in [1.54, 1.807) is 13.8 Å². The van der Waals surface area contributed by atoms with Crippen molar-refractivity contribution in [1.29, 1.82) is 0 Å². The first-order valence-corrected chi connectivity index (χ1v) is 5.84. The molecule has 0 atom stereocenters. The Morgan fingerprint density at radius 1 is 1.26 bits per heavy atom. The van der Waals surface area contributed by atoms with Gasteiger partial charge in [-0.15, -0.1) is 0 Å². The zero-order valence-corrected chi connectivity index (χ0v) is 11.0. The lowest BCUT2D eigenvalue weighted by atomic mass is 10.2. The molecule has 1 rings (SSSR count). The zero-order chi connectivity index (χ0) is 14.6. The SMILES string of the molecule is CC(=O)N(CC(=O)NC(C)C)c1c(F)cccc1F. The molecule has 2 amide bonds. The second-order valence-corrected chi connectivity index (χ2v) is 4.40. The summed E-state index contributed by atoms with van der Waals surface area (Å²) in [4.78, 5) is 23.9. The van der Waals surface area contributed by atoms with Crippen LogP contribution in [0.3, 0.4) is 0 Å². The highest BCUT2D eigenvalue weighted by Gasteiger charge is 2.22. The quantitative estimate of drug-likeness (QED) is 0.907. The number of hydrogen-bond donors (Lipinski definition) is 1. The molecule has 0 aromatic heterocycles. The van der Waals surface area contributed by atoms with Gasteiger partial charge in [0, 0.05) is 13.0 Å². The van der Waals surface area contributed by atoms with Crippen LogP contribution in [0.2, 0.25) is 0 Å². The van der Waals surface area contributed by atoms with Gasteiger partial charge in [-0.3, -0.25) is 14.5 Å². The van der Waals surface area contributed by atoms with Crippen molar-refractivity contribution in [2.45, 2.75) is 26.8 Å². The Morgan fingerprint density at radius 2 is 1.79 bits per heavy atom. The van der Waals surface area contributed by atoms with Crippen LogP contribution in [-0.4, -0.2) is 24.4 Å². The highest BCUT2D eigenvalue weighted by molar-refractivity contribution is 5.97. The normalized spacial score (nSPS) is 10.4. The van der Waals surface area contributed by atoms with E-state index in [2.05, 4.69) is 5.32 Å². The molecule has 0 saturated heterocycles. The Kier molecular flexibility index (Phi) is 4.97. The van der Waals surface area contributed by atoms with Gasteiger partial charge in [0.2, 0.25) is 11.8 Å². The summed E-state index contributed by atoms with van der Waals surface area (Å²) in [6.45, 7) is 4.22. The van der Waals surface area contributed by atoms with Gasteiger partial charge in [0.05, 0.1) is 0 Å². The molecule has 0 radical (unpaired) electrons. The minimum Gasteiger partial charge on any atom is -0.352 e. The highest BCUT2D eigenvalue weighted by Crippen LogP contribution is 2.23. The van der Waals surface area contributed by atoms with E-state index in [0.717, 1.165) is 24.0 Å². The van der Waals surface area contributed by atoms with E-state index in [9.17, 15) is 18.4 Å². The third-order valence-corrected chi connectivity index (χ3v) is 2.34. The van der Waals surface area contributed by atoms with Crippen molar-refractivity contribution < 1.29 is 18.4 Å². The number of carbonyl (C=O) groups is 2. The number of anilines is 1. The van der Waals surface area contributed by atoms with Crippen LogP contribution in [0, 0.1) is 11.6 Å². The monoisotopic (exact) mass is 270 g/mol. The lowest BCUT2D eigenvalue weighted by molar-refractivity contribution is -0.123. The summed E-state index contributed by atoms with van der Waals surface area (Å²) in [5.74, 6) is -2.85. The number of nitrogens with one attached hydrogen (secondary N) is 1. The van der Waals surface area contributed by atoms with Crippen molar-refractivity contribution >= 4 is 17.5 Å². The average molecular weight is 270 g/mol. The third kappa shape index (κ3) is 4.01. The molecular formula is C13H16F2N2O2. The molecule has 0 bridgehead atoms. The first-order chi connectivity index (χ1) is 8.82. The molecule has 6 heteroatoms. The Balaban J connectivity index is 3.02. The predicted molar refractivity (Wildman–Crippen MR) is 67.7 cm³/mol. The molecular weight excluding hydrogens is 254 g/mol. The number of nitrogens with zero attached hydrogens (tertiary/aromatic N) is 1. The summed E-state index contributed by atoms with van der Waals surface area (Å²) in [6.07, 6.45) is 0. The van der Waals surface area contributed by atoms with E-state index in [4.69, 9.17) is 0 Å². The standard InChI is InChI=1S/C13H16F2N2O2/c1-8(2)16-12(19)7-17(9(3)18)13-10(14)5-4-6-11(13)15/h4-6,8H,7H2,1-3H3,(H,16,19). The van der Waals surface area contributed by atoms with E-state index in [1.165, 1.54) is 6.07 Å². The second kappa shape index (κ2) is 6.26. The maximum absolute atomic E-state index is 13.6. The minimum atomic E-state index is -0.882. The van der Waals surface area contributed by atoms with Gasteiger partial charge in [-0.1, -0.05) is 6.07 Å². The van der Waals surface area contributed by atoms with Crippen LogP contribution >= 0.6 is 0 Å². The fourth-order valence-corrected chi connectivity index (χ4v) is 1.61. The number of halogens is 2. The first kappa shape index (κ1) is 15.1. The molecule has 0 aliphatic carbocycles. The number of para-hydroxylation sites is 1. The van der Waals surface area contributed by atoms with E-state index in [1.807, 2.05) is 0 Å². The summed E-state index contributed by atoms with van der Waals surface area (Å²) in [5, 5.41) is 2.56. The number of carbonyl (C=O) groups excluding carboxylic acids is 2. The molecule has 1 aromatic carbocycles. The van der Waals surface area contributed by atoms with Gasteiger partial charge in [-0.05, 0) is 26.0 Å². The van der Waals surface area contributed by atoms with Gasteiger partial charge in [0.25, 0.3) is 0 Å². The topological polar surface area (TPSA) is 49.4 Å². The number of amides is 2. The molecule has 0 fully saturated rings. The lowest BCUT2D eigenvalue weighted by Crippen LogP contribution is -2.42. The van der Waals surface area contributed by atoms with Gasteiger partial charge in [-0.2, -0.15) is 0 Å². The van der Waals surface area contributed by atoms with Crippen LogP contribution in [0.25, 0.3) is 0 Å². The summed E-state index contributed by atoms with van der Waals surface area (Å²) in [7, 11) is 0. The van der Waals surface area contributed by atoms with Crippen molar-refractivity contribution in [2.24, 2.45) is 0 Å². The molecule has 104 valence electrons. The van der Waals surface area contributed by atoms with Crippen LogP contribution < -0.4 is 10.2 Å². The molecule has 0 spiro atoms. The third-order valence-electron chi connectivity index (χ3n) is 2.34. The zero-order valence-electron chi connectivity index (χ0n) is 11.0. The van der Waals surface area contributed by atoms with Gasteiger partial charge >= 0.3 is 0 Å². The van der Waals surface area contributed by atoms with E-state index in [0.29, 0.717) is 0 Å². The first-order valence-electron chi connectivity index (χ1n) is 5.84. The number of hydrogen-bond acceptors (Lipinski definition) is 2. The predicted octanol–water partition coefficient (Wildman–Crippen LogP) is 1.84. The molecule has 4 nitrogen and oxygen atoms in total. The van der Waals surface area contributed by atoms with Crippen molar-refractivity contribution in [3.8, 4) is 0 Å². The van der Waals surface area contributed by atoms with Crippen LogP contribution in [0.4, 0.5) is 14.5 Å². The average Bonchev–Trinajstić information content (AvgIpc) is 2.25. The summed E-state index contributed by atoms with van der Waals surface area (Å²) in [5.41, 5.74) is -0.506. The summed E-state index contributed by atoms with van der Waals surface area (Å²) >= 11 is 0. The second-order valence-electron chi connectivity index (χ2n) is 4.40. The molecule has 0 heterocycles. The Hall–Kier alpha value is -1.98. The minimum absolute atomic E-state index is 0.119. The van der Waals surface area contributed by atoms with Gasteiger partial charge < -0.3 is 5.32 Å². The Labute approximate surface area is 110 Å². The highest BCUT2D eigenvalue weighted by atomic mass is 19.1. The van der Waals surface area contributed by atoms with E-state index in [-0.39, 0.29) is 6.04 Å². The molecule has 0 aliphatic rings. The maximum atomic E-state index is 13.6. The van der Waals surface area contributed by atoms with Crippen molar-refractivity contribution in [1.82, 2.24) is 5.32 Å². The van der Waals surface area contributed by atoms with Crippen LogP contribution in [0.15, 0.2) is 18.2 Å². The molecule has 0 saturated carbocycles. The fourth-order valence-electron chi connectivity index (χ4n) is 1.61. The number of benzene rings is 1. The smallest absolute Gasteiger partial charge is 0.240 e. The van der Waals surface area contributed by atoms with Crippen LogP contribution in [-0.2, 0) is 9.59 Å². The van der Waals surface area contributed by atoms with Crippen LogP contribution in [0.5, 0.6) is 0 Å². The molecule has 0 aliphatic heterocycles. The molecule has 1 N–H and O–H groups in total. The fraction of sp³-hybridized carbons (Fsp3) is 0.385.